The summed E-state index contributed by atoms with van der Waals surface area (Å²) < 4.78 is 6.90. The van der Waals surface area contributed by atoms with Gasteiger partial charge in [-0.15, -0.1) is 0 Å². The molecule has 5 fully saturated rings. The van der Waals surface area contributed by atoms with Crippen LogP contribution in [0.25, 0.3) is 0 Å². The van der Waals surface area contributed by atoms with Crippen LogP contribution in [-0.2, 0) is 14.3 Å². The number of carbonyl (C=O) groups excluding carboxylic acids is 1. The summed E-state index contributed by atoms with van der Waals surface area (Å²) in [5.74, 6) is 0.361. The standard InChI is InChI=1S/C36H56O4/c1-31(2)27-13-16-36(7)29(34(27,5)15-14-28(31)40-23-11-9-8-10-12-23)26(37)21-24-25-22-33(4,30(38)39)18-17-32(25,3)19-20-35(24,36)6/h21,23,25,27-29H,8-20,22H2,1-7H3,(H,38,39)/t25-,27?,28-,29?,32+,33-,34-,35+,36+/m0/s1. The molecule has 0 radical (unpaired) electrons. The van der Waals surface area contributed by atoms with Crippen LogP contribution in [0.1, 0.15) is 138 Å². The maximum absolute atomic E-state index is 14.6. The van der Waals surface area contributed by atoms with E-state index in [0.29, 0.717) is 24.2 Å². The number of hydrogen-bond acceptors (Lipinski definition) is 3. The molecule has 0 saturated heterocycles. The second-order valence-corrected chi connectivity index (χ2v) is 17.3. The molecule has 4 heteroatoms. The van der Waals surface area contributed by atoms with Crippen LogP contribution in [0.2, 0.25) is 0 Å². The molecule has 0 aromatic carbocycles. The van der Waals surface area contributed by atoms with Gasteiger partial charge in [0.25, 0.3) is 0 Å². The first-order valence-electron chi connectivity index (χ1n) is 16.8. The van der Waals surface area contributed by atoms with E-state index in [2.05, 4.69) is 47.6 Å². The molecule has 0 aromatic rings. The van der Waals surface area contributed by atoms with Gasteiger partial charge in [-0.2, -0.15) is 0 Å². The first-order chi connectivity index (χ1) is 18.6. The lowest BCUT2D eigenvalue weighted by molar-refractivity contribution is -0.217. The number of carboxylic acids is 1. The normalized spacial score (nSPS) is 50.6. The Morgan fingerprint density at radius 2 is 1.52 bits per heavy atom. The number of ketones is 1. The molecule has 1 N–H and O–H groups in total. The SMILES string of the molecule is CC1(C)C2CC[C@]3(C)C(C(=O)C=C4[C@@H]5C[C@@](C)(C(=O)O)CC[C@]5(C)CC[C@]43C)[C@@]2(C)CC[C@@H]1OC1CCCCC1. The summed E-state index contributed by atoms with van der Waals surface area (Å²) in [5, 5.41) is 10.2. The van der Waals surface area contributed by atoms with E-state index < -0.39 is 11.4 Å². The number of aliphatic carboxylic acids is 1. The molecule has 224 valence electrons. The molecule has 0 heterocycles. The summed E-state index contributed by atoms with van der Waals surface area (Å²) in [6, 6.07) is 0. The molecule has 0 aromatic heterocycles. The van der Waals surface area contributed by atoms with Crippen molar-refractivity contribution in [2.45, 2.75) is 151 Å². The molecule has 5 saturated carbocycles. The second kappa shape index (κ2) is 9.17. The van der Waals surface area contributed by atoms with Crippen molar-refractivity contribution in [3.63, 3.8) is 0 Å². The van der Waals surface area contributed by atoms with Gasteiger partial charge in [-0.25, -0.2) is 0 Å². The van der Waals surface area contributed by atoms with E-state index in [1.54, 1.807) is 0 Å². The number of fused-ring (bicyclic) bond motifs is 7. The van der Waals surface area contributed by atoms with Gasteiger partial charge in [-0.05, 0) is 123 Å². The molecule has 0 bridgehead atoms. The molecular formula is C36H56O4. The van der Waals surface area contributed by atoms with Crippen LogP contribution in [0.15, 0.2) is 11.6 Å². The Morgan fingerprint density at radius 3 is 2.20 bits per heavy atom. The highest BCUT2D eigenvalue weighted by Crippen LogP contribution is 2.75. The van der Waals surface area contributed by atoms with Crippen molar-refractivity contribution >= 4 is 11.8 Å². The van der Waals surface area contributed by atoms with E-state index in [-0.39, 0.29) is 45.0 Å². The topological polar surface area (TPSA) is 63.6 Å². The maximum Gasteiger partial charge on any atom is 0.309 e. The van der Waals surface area contributed by atoms with Crippen LogP contribution in [0, 0.1) is 50.2 Å². The van der Waals surface area contributed by atoms with Gasteiger partial charge >= 0.3 is 5.97 Å². The first kappa shape index (κ1) is 28.9. The van der Waals surface area contributed by atoms with E-state index in [4.69, 9.17) is 4.74 Å². The summed E-state index contributed by atoms with van der Waals surface area (Å²) in [7, 11) is 0. The minimum atomic E-state index is -0.700. The number of ether oxygens (including phenoxy) is 1. The highest BCUT2D eigenvalue weighted by molar-refractivity contribution is 5.95. The van der Waals surface area contributed by atoms with E-state index in [0.717, 1.165) is 51.4 Å². The Morgan fingerprint density at radius 1 is 0.850 bits per heavy atom. The average molecular weight is 553 g/mol. The van der Waals surface area contributed by atoms with Crippen LogP contribution >= 0.6 is 0 Å². The fourth-order valence-corrected chi connectivity index (χ4v) is 12.0. The maximum atomic E-state index is 14.6. The van der Waals surface area contributed by atoms with Gasteiger partial charge in [0.15, 0.2) is 5.78 Å². The predicted molar refractivity (Wildman–Crippen MR) is 159 cm³/mol. The molecule has 0 amide bonds. The number of allylic oxidation sites excluding steroid dienone is 2. The highest BCUT2D eigenvalue weighted by Gasteiger charge is 2.70. The van der Waals surface area contributed by atoms with Gasteiger partial charge in [-0.3, -0.25) is 9.59 Å². The lowest BCUT2D eigenvalue weighted by Crippen LogP contribution is -2.66. The third kappa shape index (κ3) is 3.85. The van der Waals surface area contributed by atoms with Crippen molar-refractivity contribution < 1.29 is 19.4 Å². The van der Waals surface area contributed by atoms with Gasteiger partial charge in [-0.1, -0.05) is 66.4 Å². The fraction of sp³-hybridized carbons (Fsp3) is 0.889. The number of carboxylic acid groups (broad SMARTS) is 1. The number of rotatable bonds is 3. The van der Waals surface area contributed by atoms with Crippen molar-refractivity contribution in [2.24, 2.45) is 50.2 Å². The molecular weight excluding hydrogens is 496 g/mol. The van der Waals surface area contributed by atoms with Crippen molar-refractivity contribution in [3.8, 4) is 0 Å². The summed E-state index contributed by atoms with van der Waals surface area (Å²) in [6.45, 7) is 16.6. The second-order valence-electron chi connectivity index (χ2n) is 17.3. The van der Waals surface area contributed by atoms with Crippen LogP contribution < -0.4 is 0 Å². The summed E-state index contributed by atoms with van der Waals surface area (Å²) >= 11 is 0. The van der Waals surface area contributed by atoms with E-state index >= 15 is 0 Å². The molecule has 2 unspecified atom stereocenters. The Bertz CT molecular complexity index is 1100. The van der Waals surface area contributed by atoms with E-state index in [1.165, 1.54) is 37.7 Å². The molecule has 4 nitrogen and oxygen atoms in total. The number of carbonyl (C=O) groups is 2. The zero-order valence-corrected chi connectivity index (χ0v) is 26.5. The summed E-state index contributed by atoms with van der Waals surface area (Å²) in [4.78, 5) is 26.9. The molecule has 6 aliphatic carbocycles. The lowest BCUT2D eigenvalue weighted by Gasteiger charge is -2.70. The minimum absolute atomic E-state index is 0.0289. The quantitative estimate of drug-likeness (QED) is 0.380. The molecule has 6 rings (SSSR count). The summed E-state index contributed by atoms with van der Waals surface area (Å²) in [6.07, 6.45) is 18.1. The van der Waals surface area contributed by atoms with E-state index in [9.17, 15) is 14.7 Å². The van der Waals surface area contributed by atoms with Crippen molar-refractivity contribution in [2.75, 3.05) is 0 Å². The third-order valence-electron chi connectivity index (χ3n) is 14.9. The Kier molecular flexibility index (Phi) is 6.63. The van der Waals surface area contributed by atoms with Crippen molar-refractivity contribution in [1.82, 2.24) is 0 Å². The largest absolute Gasteiger partial charge is 0.481 e. The van der Waals surface area contributed by atoms with Crippen molar-refractivity contribution in [1.29, 1.82) is 0 Å². The van der Waals surface area contributed by atoms with Crippen LogP contribution in [0.4, 0.5) is 0 Å². The van der Waals surface area contributed by atoms with Crippen molar-refractivity contribution in [3.05, 3.63) is 11.6 Å². The van der Waals surface area contributed by atoms with Crippen LogP contribution in [-0.4, -0.2) is 29.1 Å². The van der Waals surface area contributed by atoms with E-state index in [1.807, 2.05) is 6.92 Å². The Balaban J connectivity index is 1.35. The fourth-order valence-electron chi connectivity index (χ4n) is 12.0. The lowest BCUT2D eigenvalue weighted by atomic mass is 9.33. The molecule has 40 heavy (non-hydrogen) atoms. The van der Waals surface area contributed by atoms with Gasteiger partial charge < -0.3 is 9.84 Å². The van der Waals surface area contributed by atoms with Crippen LogP contribution in [0.5, 0.6) is 0 Å². The molecule has 9 atom stereocenters. The van der Waals surface area contributed by atoms with Gasteiger partial charge in [0.1, 0.15) is 0 Å². The first-order valence-corrected chi connectivity index (χ1v) is 16.8. The Labute approximate surface area is 243 Å². The number of hydrogen-bond donors (Lipinski definition) is 1. The monoisotopic (exact) mass is 552 g/mol. The highest BCUT2D eigenvalue weighted by atomic mass is 16.5. The third-order valence-corrected chi connectivity index (χ3v) is 14.9. The zero-order chi connectivity index (χ0) is 28.9. The van der Waals surface area contributed by atoms with Crippen LogP contribution in [0.3, 0.4) is 0 Å². The zero-order valence-electron chi connectivity index (χ0n) is 26.5. The van der Waals surface area contributed by atoms with Gasteiger partial charge in [0, 0.05) is 5.92 Å². The Hall–Kier alpha value is -1.16. The molecule has 0 aliphatic heterocycles. The average Bonchev–Trinajstić information content (AvgIpc) is 2.88. The molecule has 6 aliphatic rings. The smallest absolute Gasteiger partial charge is 0.309 e. The van der Waals surface area contributed by atoms with Gasteiger partial charge in [0.05, 0.1) is 17.6 Å². The minimum Gasteiger partial charge on any atom is -0.481 e. The molecule has 0 spiro atoms. The summed E-state index contributed by atoms with van der Waals surface area (Å²) in [5.41, 5.74) is 0.580. The van der Waals surface area contributed by atoms with Gasteiger partial charge in [0.2, 0.25) is 0 Å². The predicted octanol–water partition coefficient (Wildman–Crippen LogP) is 8.77.